The summed E-state index contributed by atoms with van der Waals surface area (Å²) in [7, 11) is 0. The van der Waals surface area contributed by atoms with Gasteiger partial charge in [-0.05, 0) is 83.3 Å². The Balaban J connectivity index is 2.91. The lowest BCUT2D eigenvalue weighted by Gasteiger charge is -2.31. The van der Waals surface area contributed by atoms with Gasteiger partial charge in [-0.1, -0.05) is 22.4 Å². The van der Waals surface area contributed by atoms with E-state index in [9.17, 15) is 0 Å². The molecule has 0 aliphatic rings. The van der Waals surface area contributed by atoms with Crippen molar-refractivity contribution in [2.45, 2.75) is 63.9 Å². The highest BCUT2D eigenvalue weighted by Crippen LogP contribution is 2.19. The molecule has 0 aliphatic carbocycles. The number of nitriles is 1. The van der Waals surface area contributed by atoms with E-state index in [4.69, 9.17) is 15.7 Å². The Kier molecular flexibility index (Phi) is 9.63. The smallest absolute Gasteiger partial charge is 0.138 e. The third-order valence-electron chi connectivity index (χ3n) is 5.39. The lowest BCUT2D eigenvalue weighted by Crippen LogP contribution is -2.52. The molecule has 0 amide bonds. The van der Waals surface area contributed by atoms with Crippen molar-refractivity contribution in [1.29, 1.82) is 5.26 Å². The fraction of sp³-hybridized carbons (Fsp3) is 0.571. The second kappa shape index (κ2) is 11.2. The summed E-state index contributed by atoms with van der Waals surface area (Å²) >= 11 is 1.15. The Morgan fingerprint density at radius 3 is 1.83 bits per heavy atom. The molecule has 0 aliphatic heterocycles. The Morgan fingerprint density at radius 2 is 1.45 bits per heavy atom. The predicted octanol–water partition coefficient (Wildman–Crippen LogP) is 3.86. The van der Waals surface area contributed by atoms with Crippen LogP contribution in [-0.2, 0) is 6.42 Å². The van der Waals surface area contributed by atoms with Crippen molar-refractivity contribution in [3.63, 3.8) is 0 Å². The van der Waals surface area contributed by atoms with Crippen molar-refractivity contribution in [2.75, 3.05) is 13.1 Å². The molecule has 0 fully saturated rings. The van der Waals surface area contributed by atoms with Crippen LogP contribution < -0.4 is 10.6 Å². The van der Waals surface area contributed by atoms with Crippen LogP contribution in [0.4, 0.5) is 0 Å². The fourth-order valence-corrected chi connectivity index (χ4v) is 2.98. The number of thiocyanates is 1. The number of hydrogen-bond donors (Lipinski definition) is 4. The number of oxime groups is 2. The second-order valence-electron chi connectivity index (χ2n) is 8.29. The topological polar surface area (TPSA) is 113 Å². The largest absolute Gasteiger partial charge is 0.411 e. The predicted molar refractivity (Wildman–Crippen MR) is 119 cm³/mol. The van der Waals surface area contributed by atoms with E-state index in [0.717, 1.165) is 23.1 Å². The molecule has 7 nitrogen and oxygen atoms in total. The van der Waals surface area contributed by atoms with Gasteiger partial charge in [0.2, 0.25) is 0 Å². The molecule has 0 saturated carbocycles. The molecule has 0 atom stereocenters. The van der Waals surface area contributed by atoms with E-state index in [0.29, 0.717) is 24.5 Å². The van der Waals surface area contributed by atoms with Crippen molar-refractivity contribution < 1.29 is 10.4 Å². The molecule has 0 spiro atoms. The summed E-state index contributed by atoms with van der Waals surface area (Å²) in [5.74, 6) is 0.237. The third kappa shape index (κ3) is 8.05. The molecular formula is C21H33N5O2S. The third-order valence-corrected chi connectivity index (χ3v) is 5.98. The van der Waals surface area contributed by atoms with E-state index in [2.05, 4.69) is 26.3 Å². The van der Waals surface area contributed by atoms with Gasteiger partial charge in [0.15, 0.2) is 0 Å². The van der Waals surface area contributed by atoms with Gasteiger partial charge in [0, 0.05) is 18.0 Å². The summed E-state index contributed by atoms with van der Waals surface area (Å²) in [4.78, 5) is 0.927. The van der Waals surface area contributed by atoms with Gasteiger partial charge < -0.3 is 21.0 Å². The number of rotatable bonds is 11. The van der Waals surface area contributed by atoms with Crippen LogP contribution in [0.2, 0.25) is 0 Å². The fourth-order valence-electron chi connectivity index (χ4n) is 2.60. The Hall–Kier alpha value is -2.08. The summed E-state index contributed by atoms with van der Waals surface area (Å²) in [6, 6.07) is 8.01. The van der Waals surface area contributed by atoms with Gasteiger partial charge in [-0.3, -0.25) is 0 Å². The number of nitrogens with zero attached hydrogens (tertiary/aromatic N) is 3. The van der Waals surface area contributed by atoms with E-state index in [1.54, 1.807) is 13.8 Å². The highest BCUT2D eigenvalue weighted by molar-refractivity contribution is 8.03. The first-order chi connectivity index (χ1) is 13.6. The maximum atomic E-state index is 9.11. The summed E-state index contributed by atoms with van der Waals surface area (Å²) in [5.41, 5.74) is 1.55. The summed E-state index contributed by atoms with van der Waals surface area (Å²) in [6.45, 7) is 12.9. The van der Waals surface area contributed by atoms with Gasteiger partial charge in [-0.25, -0.2) is 0 Å². The molecule has 0 aromatic heterocycles. The van der Waals surface area contributed by atoms with Crippen molar-refractivity contribution in [1.82, 2.24) is 10.6 Å². The molecule has 1 aromatic rings. The minimum Gasteiger partial charge on any atom is -0.411 e. The van der Waals surface area contributed by atoms with Gasteiger partial charge in [-0.15, -0.1) is 0 Å². The minimum atomic E-state index is -0.432. The minimum absolute atomic E-state index is 0.237. The Labute approximate surface area is 178 Å². The van der Waals surface area contributed by atoms with E-state index in [1.807, 2.05) is 52.0 Å². The molecule has 0 unspecified atom stereocenters. The summed E-state index contributed by atoms with van der Waals surface area (Å²) < 4.78 is 0. The van der Waals surface area contributed by atoms with Crippen LogP contribution in [0.3, 0.4) is 0 Å². The highest BCUT2D eigenvalue weighted by atomic mass is 32.2. The first-order valence-electron chi connectivity index (χ1n) is 9.59. The van der Waals surface area contributed by atoms with E-state index in [1.165, 1.54) is 5.56 Å². The first-order valence-corrected chi connectivity index (χ1v) is 10.4. The molecular weight excluding hydrogens is 386 g/mol. The van der Waals surface area contributed by atoms with E-state index in [-0.39, 0.29) is 5.92 Å². The molecule has 0 heterocycles. The standard InChI is InChI=1S/C21H33N5O2S/c1-15(25-27)20(3,4)23-12-18(13-24-21(5,6)16(2)26-28)11-17-7-9-19(10-8-17)29-14-22/h7-10,18,23-24,27-28H,11-13H2,1-6H3/b25-15+,26-16+. The zero-order chi connectivity index (χ0) is 22.1. The number of thioether (sulfide) groups is 1. The number of nitrogens with one attached hydrogen (secondary N) is 2. The molecule has 1 aromatic carbocycles. The molecule has 0 bridgehead atoms. The number of benzene rings is 1. The molecule has 8 heteroatoms. The van der Waals surface area contributed by atoms with Gasteiger partial charge in [-0.2, -0.15) is 5.26 Å². The van der Waals surface area contributed by atoms with Crippen LogP contribution in [0.5, 0.6) is 0 Å². The van der Waals surface area contributed by atoms with Crippen LogP contribution in [0.25, 0.3) is 0 Å². The van der Waals surface area contributed by atoms with Crippen LogP contribution in [0.1, 0.15) is 47.1 Å². The monoisotopic (exact) mass is 419 g/mol. The summed E-state index contributed by atoms with van der Waals surface area (Å²) in [6.07, 6.45) is 0.828. The average Bonchev–Trinajstić information content (AvgIpc) is 2.70. The van der Waals surface area contributed by atoms with Gasteiger partial charge in [0.25, 0.3) is 0 Å². The van der Waals surface area contributed by atoms with Crippen LogP contribution in [0, 0.1) is 16.6 Å². The van der Waals surface area contributed by atoms with Crippen molar-refractivity contribution in [2.24, 2.45) is 16.2 Å². The number of hydrogen-bond acceptors (Lipinski definition) is 8. The Bertz CT molecular complexity index is 717. The zero-order valence-corrected chi connectivity index (χ0v) is 19.0. The molecule has 29 heavy (non-hydrogen) atoms. The van der Waals surface area contributed by atoms with Crippen molar-refractivity contribution in [3.8, 4) is 5.40 Å². The van der Waals surface area contributed by atoms with Crippen LogP contribution in [-0.4, -0.2) is 46.0 Å². The lowest BCUT2D eigenvalue weighted by atomic mass is 9.93. The molecule has 1 rings (SSSR count). The van der Waals surface area contributed by atoms with Gasteiger partial charge >= 0.3 is 0 Å². The molecule has 160 valence electrons. The van der Waals surface area contributed by atoms with E-state index < -0.39 is 11.1 Å². The van der Waals surface area contributed by atoms with Gasteiger partial charge in [0.1, 0.15) is 5.40 Å². The maximum Gasteiger partial charge on any atom is 0.138 e. The van der Waals surface area contributed by atoms with Crippen molar-refractivity contribution >= 4 is 23.2 Å². The summed E-state index contributed by atoms with van der Waals surface area (Å²) in [5, 5.41) is 42.7. The van der Waals surface area contributed by atoms with Crippen molar-refractivity contribution in [3.05, 3.63) is 29.8 Å². The van der Waals surface area contributed by atoms with Crippen LogP contribution >= 0.6 is 11.8 Å². The Morgan fingerprint density at radius 1 is 1.00 bits per heavy atom. The molecule has 0 radical (unpaired) electrons. The zero-order valence-electron chi connectivity index (χ0n) is 18.2. The maximum absolute atomic E-state index is 9.11. The quantitative estimate of drug-likeness (QED) is 0.142. The normalized spacial score (nSPS) is 14.5. The SMILES string of the molecule is C/C(=N\O)C(C)(C)NCC(CNC(C)(C)/C(C)=N/O)Cc1ccc(SC#N)cc1. The van der Waals surface area contributed by atoms with E-state index >= 15 is 0 Å². The first kappa shape index (κ1) is 25.0. The van der Waals surface area contributed by atoms with Gasteiger partial charge in [0.05, 0.1) is 22.5 Å². The average molecular weight is 420 g/mol. The lowest BCUT2D eigenvalue weighted by molar-refractivity contribution is 0.303. The second-order valence-corrected chi connectivity index (χ2v) is 9.15. The highest BCUT2D eigenvalue weighted by Gasteiger charge is 2.26. The molecule has 0 saturated heterocycles. The van der Waals surface area contributed by atoms with Crippen LogP contribution in [0.15, 0.2) is 39.5 Å². The molecule has 4 N–H and O–H groups in total.